The first kappa shape index (κ1) is 11.9. The lowest BCUT2D eigenvalue weighted by Gasteiger charge is -2.36. The van der Waals surface area contributed by atoms with E-state index < -0.39 is 0 Å². The van der Waals surface area contributed by atoms with Crippen molar-refractivity contribution >= 4 is 5.69 Å². The minimum absolute atomic E-state index is 0.432. The average molecular weight is 229 g/mol. The largest absolute Gasteiger partial charge is 0.382 e. The summed E-state index contributed by atoms with van der Waals surface area (Å²) < 4.78 is 0. The van der Waals surface area contributed by atoms with Gasteiger partial charge >= 0.3 is 0 Å². The van der Waals surface area contributed by atoms with Gasteiger partial charge in [-0.25, -0.2) is 4.98 Å². The Hall–Kier alpha value is -1.56. The monoisotopic (exact) mass is 229 g/mol. The highest BCUT2D eigenvalue weighted by atomic mass is 14.9. The summed E-state index contributed by atoms with van der Waals surface area (Å²) in [5.41, 5.74) is 1.92. The molecule has 1 aromatic heterocycles. The van der Waals surface area contributed by atoms with E-state index >= 15 is 0 Å². The van der Waals surface area contributed by atoms with E-state index in [9.17, 15) is 0 Å². The van der Waals surface area contributed by atoms with Gasteiger partial charge in [0.1, 0.15) is 11.8 Å². The summed E-state index contributed by atoms with van der Waals surface area (Å²) in [7, 11) is 0. The van der Waals surface area contributed by atoms with Crippen molar-refractivity contribution in [3.63, 3.8) is 0 Å². The molecule has 3 nitrogen and oxygen atoms in total. The Morgan fingerprint density at radius 1 is 1.53 bits per heavy atom. The summed E-state index contributed by atoms with van der Waals surface area (Å²) in [5, 5.41) is 12.3. The molecule has 1 aliphatic rings. The number of anilines is 1. The van der Waals surface area contributed by atoms with Gasteiger partial charge in [0.05, 0.1) is 0 Å². The summed E-state index contributed by atoms with van der Waals surface area (Å²) in [5.74, 6) is 0. The summed E-state index contributed by atoms with van der Waals surface area (Å²) in [6, 6.07) is 6.34. The first-order valence-electron chi connectivity index (χ1n) is 6.22. The normalized spacial score (nSPS) is 22.8. The molecule has 1 saturated carbocycles. The van der Waals surface area contributed by atoms with Gasteiger partial charge in [-0.1, -0.05) is 20.3 Å². The lowest BCUT2D eigenvalue weighted by atomic mass is 9.75. The first-order valence-corrected chi connectivity index (χ1v) is 6.22. The predicted octanol–water partition coefficient (Wildman–Crippen LogP) is 3.33. The predicted molar refractivity (Wildman–Crippen MR) is 68.6 cm³/mol. The van der Waals surface area contributed by atoms with Gasteiger partial charge < -0.3 is 5.32 Å². The topological polar surface area (TPSA) is 48.7 Å². The van der Waals surface area contributed by atoms with Crippen LogP contribution in [0, 0.1) is 16.7 Å². The molecule has 0 saturated heterocycles. The zero-order valence-electron chi connectivity index (χ0n) is 10.5. The van der Waals surface area contributed by atoms with Crippen LogP contribution >= 0.6 is 0 Å². The van der Waals surface area contributed by atoms with Crippen LogP contribution in [0.2, 0.25) is 0 Å². The van der Waals surface area contributed by atoms with Crippen LogP contribution in [0.3, 0.4) is 0 Å². The Bertz CT molecular complexity index is 431. The Balaban J connectivity index is 2.03. The minimum Gasteiger partial charge on any atom is -0.382 e. The third-order valence-corrected chi connectivity index (χ3v) is 3.45. The molecule has 0 bridgehead atoms. The van der Waals surface area contributed by atoms with Crippen LogP contribution in [0.4, 0.5) is 5.69 Å². The maximum Gasteiger partial charge on any atom is 0.142 e. The second kappa shape index (κ2) is 4.75. The zero-order chi connectivity index (χ0) is 12.3. The van der Waals surface area contributed by atoms with Crippen molar-refractivity contribution in [2.45, 2.75) is 45.6 Å². The van der Waals surface area contributed by atoms with Crippen LogP contribution in [0.1, 0.15) is 45.2 Å². The molecule has 2 rings (SSSR count). The molecule has 0 aliphatic heterocycles. The number of pyridine rings is 1. The van der Waals surface area contributed by atoms with Gasteiger partial charge in [0.2, 0.25) is 0 Å². The van der Waals surface area contributed by atoms with E-state index in [1.807, 2.05) is 12.1 Å². The highest BCUT2D eigenvalue weighted by Gasteiger charge is 2.27. The molecule has 1 fully saturated rings. The van der Waals surface area contributed by atoms with Gasteiger partial charge in [-0.3, -0.25) is 0 Å². The molecular weight excluding hydrogens is 210 g/mol. The third kappa shape index (κ3) is 3.20. The first-order chi connectivity index (χ1) is 8.09. The molecule has 17 heavy (non-hydrogen) atoms. The highest BCUT2D eigenvalue weighted by Crippen LogP contribution is 2.36. The van der Waals surface area contributed by atoms with Crippen molar-refractivity contribution in [3.8, 4) is 6.07 Å². The number of nitrogens with zero attached hydrogens (tertiary/aromatic N) is 2. The second-order valence-electron chi connectivity index (χ2n) is 5.64. The second-order valence-corrected chi connectivity index (χ2v) is 5.64. The number of nitrogens with one attached hydrogen (secondary N) is 1. The van der Waals surface area contributed by atoms with Gasteiger partial charge in [0.15, 0.2) is 0 Å². The lowest BCUT2D eigenvalue weighted by molar-refractivity contribution is 0.229. The van der Waals surface area contributed by atoms with E-state index in [0.717, 1.165) is 5.69 Å². The van der Waals surface area contributed by atoms with Gasteiger partial charge in [-0.15, -0.1) is 0 Å². The quantitative estimate of drug-likeness (QED) is 0.846. The fourth-order valence-corrected chi connectivity index (χ4v) is 2.64. The molecule has 1 unspecified atom stereocenters. The van der Waals surface area contributed by atoms with Crippen molar-refractivity contribution in [3.05, 3.63) is 24.0 Å². The van der Waals surface area contributed by atoms with Gasteiger partial charge in [0, 0.05) is 17.9 Å². The maximum absolute atomic E-state index is 8.81. The number of hydrogen-bond acceptors (Lipinski definition) is 3. The highest BCUT2D eigenvalue weighted by molar-refractivity contribution is 5.46. The molecule has 90 valence electrons. The molecule has 0 radical (unpaired) electrons. The molecule has 1 aliphatic carbocycles. The van der Waals surface area contributed by atoms with E-state index in [1.54, 1.807) is 6.20 Å². The molecule has 3 heteroatoms. The third-order valence-electron chi connectivity index (χ3n) is 3.45. The standard InChI is InChI=1S/C14H19N3/c1-14(2)6-3-4-12(9-14)17-11-5-7-16-13(8-11)10-15/h5,7-8,12H,3-4,6,9H2,1-2H3,(H,16,17). The molecule has 1 atom stereocenters. The van der Waals surface area contributed by atoms with E-state index in [2.05, 4.69) is 30.2 Å². The van der Waals surface area contributed by atoms with Crippen molar-refractivity contribution in [1.82, 2.24) is 4.98 Å². The summed E-state index contributed by atoms with van der Waals surface area (Å²) in [6.45, 7) is 4.65. The van der Waals surface area contributed by atoms with Crippen LogP contribution in [-0.4, -0.2) is 11.0 Å². The fourth-order valence-electron chi connectivity index (χ4n) is 2.64. The number of rotatable bonds is 2. The minimum atomic E-state index is 0.432. The van der Waals surface area contributed by atoms with E-state index in [4.69, 9.17) is 5.26 Å². The average Bonchev–Trinajstić information content (AvgIpc) is 2.28. The zero-order valence-corrected chi connectivity index (χ0v) is 10.5. The number of nitriles is 1. The van der Waals surface area contributed by atoms with E-state index in [-0.39, 0.29) is 0 Å². The van der Waals surface area contributed by atoms with E-state index in [1.165, 1.54) is 25.7 Å². The SMILES string of the molecule is CC1(C)CCCC(Nc2ccnc(C#N)c2)C1. The van der Waals surface area contributed by atoms with E-state index in [0.29, 0.717) is 17.2 Å². The van der Waals surface area contributed by atoms with Gasteiger partial charge in [-0.05, 0) is 36.8 Å². The van der Waals surface area contributed by atoms with Crippen molar-refractivity contribution in [1.29, 1.82) is 5.26 Å². The smallest absolute Gasteiger partial charge is 0.142 e. The number of hydrogen-bond donors (Lipinski definition) is 1. The Labute approximate surface area is 103 Å². The summed E-state index contributed by atoms with van der Waals surface area (Å²) in [6.07, 6.45) is 6.69. The van der Waals surface area contributed by atoms with Crippen LogP contribution in [-0.2, 0) is 0 Å². The Morgan fingerprint density at radius 2 is 2.35 bits per heavy atom. The van der Waals surface area contributed by atoms with Crippen molar-refractivity contribution in [2.24, 2.45) is 5.41 Å². The Morgan fingerprint density at radius 3 is 3.06 bits per heavy atom. The molecule has 0 spiro atoms. The van der Waals surface area contributed by atoms with Gasteiger partial charge in [0.25, 0.3) is 0 Å². The summed E-state index contributed by atoms with van der Waals surface area (Å²) in [4.78, 5) is 3.98. The van der Waals surface area contributed by atoms with Crippen LogP contribution in [0.25, 0.3) is 0 Å². The lowest BCUT2D eigenvalue weighted by Crippen LogP contribution is -2.31. The van der Waals surface area contributed by atoms with Crippen LogP contribution in [0.15, 0.2) is 18.3 Å². The van der Waals surface area contributed by atoms with Crippen molar-refractivity contribution < 1.29 is 0 Å². The number of aromatic nitrogens is 1. The van der Waals surface area contributed by atoms with Crippen LogP contribution in [0.5, 0.6) is 0 Å². The van der Waals surface area contributed by atoms with Gasteiger partial charge in [-0.2, -0.15) is 5.26 Å². The fraction of sp³-hybridized carbons (Fsp3) is 0.571. The summed E-state index contributed by atoms with van der Waals surface area (Å²) >= 11 is 0. The maximum atomic E-state index is 8.81. The Kier molecular flexibility index (Phi) is 3.33. The van der Waals surface area contributed by atoms with Crippen LogP contribution < -0.4 is 5.32 Å². The molecule has 1 heterocycles. The molecule has 1 N–H and O–H groups in total. The molecular formula is C14H19N3. The molecule has 1 aromatic rings. The molecule has 0 aromatic carbocycles. The molecule has 0 amide bonds. The van der Waals surface area contributed by atoms with Crippen molar-refractivity contribution in [2.75, 3.05) is 5.32 Å².